The number of amides is 2. The fraction of sp³-hybridized carbons (Fsp3) is 0.103. The molecule has 1 saturated heterocycles. The van der Waals surface area contributed by atoms with Crippen LogP contribution < -0.4 is 9.47 Å². The largest absolute Gasteiger partial charge is 0.493 e. The highest BCUT2D eigenvalue weighted by atomic mass is 127. The quantitative estimate of drug-likeness (QED) is 0.146. The molecule has 1 heterocycles. The monoisotopic (exact) mass is 685 g/mol. The smallest absolute Gasteiger partial charge is 0.293 e. The van der Waals surface area contributed by atoms with Gasteiger partial charge in [-0.25, -0.2) is 0 Å². The molecule has 5 rings (SSSR count). The van der Waals surface area contributed by atoms with Gasteiger partial charge < -0.3 is 9.47 Å². The molecular formula is C29H21BrINO4S. The van der Waals surface area contributed by atoms with E-state index in [1.807, 2.05) is 54.6 Å². The topological polar surface area (TPSA) is 55.8 Å². The number of nitrogens with zero attached hydrogens (tertiary/aromatic N) is 1. The number of imide groups is 1. The Bertz CT molecular complexity index is 1530. The molecule has 1 aliphatic heterocycles. The average molecular weight is 686 g/mol. The third kappa shape index (κ3) is 5.71. The van der Waals surface area contributed by atoms with Crippen LogP contribution in [0.25, 0.3) is 16.8 Å². The van der Waals surface area contributed by atoms with E-state index < -0.39 is 0 Å². The fourth-order valence-corrected chi connectivity index (χ4v) is 5.98. The summed E-state index contributed by atoms with van der Waals surface area (Å²) in [6.45, 7) is 0.624. The summed E-state index contributed by atoms with van der Waals surface area (Å²) in [4.78, 5) is 27.2. The number of methoxy groups -OCH3 is 1. The Labute approximate surface area is 241 Å². The van der Waals surface area contributed by atoms with Crippen molar-refractivity contribution >= 4 is 78.3 Å². The number of rotatable bonds is 7. The van der Waals surface area contributed by atoms with Crippen LogP contribution in [-0.4, -0.2) is 23.2 Å². The molecule has 4 aromatic rings. The van der Waals surface area contributed by atoms with Gasteiger partial charge in [-0.1, -0.05) is 70.5 Å². The zero-order valence-corrected chi connectivity index (χ0v) is 24.3. The second-order valence-corrected chi connectivity index (χ2v) is 11.4. The van der Waals surface area contributed by atoms with Crippen molar-refractivity contribution in [2.75, 3.05) is 7.11 Å². The van der Waals surface area contributed by atoms with Crippen molar-refractivity contribution in [1.82, 2.24) is 4.90 Å². The molecule has 1 aliphatic rings. The van der Waals surface area contributed by atoms with Crippen LogP contribution in [0.2, 0.25) is 0 Å². The van der Waals surface area contributed by atoms with E-state index in [0.717, 1.165) is 47.3 Å². The van der Waals surface area contributed by atoms with Gasteiger partial charge in [0.2, 0.25) is 0 Å². The van der Waals surface area contributed by atoms with Crippen molar-refractivity contribution in [3.8, 4) is 11.5 Å². The van der Waals surface area contributed by atoms with E-state index in [0.29, 0.717) is 23.0 Å². The molecular weight excluding hydrogens is 665 g/mol. The van der Waals surface area contributed by atoms with E-state index >= 15 is 0 Å². The molecule has 37 heavy (non-hydrogen) atoms. The first-order chi connectivity index (χ1) is 17.9. The van der Waals surface area contributed by atoms with Crippen molar-refractivity contribution in [1.29, 1.82) is 0 Å². The van der Waals surface area contributed by atoms with Crippen LogP contribution in [0.1, 0.15) is 16.7 Å². The molecule has 0 unspecified atom stereocenters. The van der Waals surface area contributed by atoms with Crippen molar-refractivity contribution in [2.45, 2.75) is 13.2 Å². The molecule has 8 heteroatoms. The number of benzene rings is 4. The number of carbonyl (C=O) groups is 2. The van der Waals surface area contributed by atoms with E-state index in [1.165, 1.54) is 4.90 Å². The van der Waals surface area contributed by atoms with Crippen molar-refractivity contribution in [2.24, 2.45) is 0 Å². The normalized spacial score (nSPS) is 14.6. The summed E-state index contributed by atoms with van der Waals surface area (Å²) >= 11 is 6.55. The summed E-state index contributed by atoms with van der Waals surface area (Å²) in [5.74, 6) is 0.896. The number of halogens is 2. The molecule has 0 spiro atoms. The van der Waals surface area contributed by atoms with Gasteiger partial charge >= 0.3 is 0 Å². The third-order valence-corrected chi connectivity index (χ3v) is 8.17. The number of thioether (sulfide) groups is 1. The van der Waals surface area contributed by atoms with Crippen molar-refractivity contribution in [3.05, 3.63) is 109 Å². The number of carbonyl (C=O) groups excluding carboxylic acids is 2. The second kappa shape index (κ2) is 11.3. The molecule has 1 fully saturated rings. The van der Waals surface area contributed by atoms with Gasteiger partial charge in [-0.15, -0.1) is 0 Å². The summed E-state index contributed by atoms with van der Waals surface area (Å²) in [5, 5.41) is 2.03. The Kier molecular flexibility index (Phi) is 7.87. The Balaban J connectivity index is 1.36. The second-order valence-electron chi connectivity index (χ2n) is 8.36. The van der Waals surface area contributed by atoms with Crippen LogP contribution in [0.5, 0.6) is 11.5 Å². The Hall–Kier alpha value is -2.82. The highest BCUT2D eigenvalue weighted by molar-refractivity contribution is 14.1. The van der Waals surface area contributed by atoms with Gasteiger partial charge in [0.1, 0.15) is 6.61 Å². The number of hydrogen-bond donors (Lipinski definition) is 0. The lowest BCUT2D eigenvalue weighted by atomic mass is 10.1. The first kappa shape index (κ1) is 25.8. The summed E-state index contributed by atoms with van der Waals surface area (Å²) in [5.41, 5.74) is 2.73. The molecule has 5 nitrogen and oxygen atoms in total. The third-order valence-electron chi connectivity index (χ3n) is 5.93. The van der Waals surface area contributed by atoms with Gasteiger partial charge in [0.25, 0.3) is 11.1 Å². The minimum absolute atomic E-state index is 0.233. The van der Waals surface area contributed by atoms with Crippen LogP contribution in [0, 0.1) is 3.57 Å². The molecule has 0 bridgehead atoms. The summed E-state index contributed by atoms with van der Waals surface area (Å²) < 4.78 is 13.6. The van der Waals surface area contributed by atoms with Gasteiger partial charge in [0.05, 0.1) is 22.1 Å². The molecule has 4 aromatic carbocycles. The maximum Gasteiger partial charge on any atom is 0.293 e. The van der Waals surface area contributed by atoms with Crippen molar-refractivity contribution in [3.63, 3.8) is 0 Å². The average Bonchev–Trinajstić information content (AvgIpc) is 3.16. The highest BCUT2D eigenvalue weighted by Gasteiger charge is 2.35. The van der Waals surface area contributed by atoms with Gasteiger partial charge in [0.15, 0.2) is 11.5 Å². The highest BCUT2D eigenvalue weighted by Crippen LogP contribution is 2.38. The number of fused-ring (bicyclic) bond motifs is 1. The first-order valence-electron chi connectivity index (χ1n) is 11.4. The minimum atomic E-state index is -0.303. The predicted molar refractivity (Wildman–Crippen MR) is 160 cm³/mol. The molecule has 0 atom stereocenters. The lowest BCUT2D eigenvalue weighted by Gasteiger charge is -2.15. The molecule has 0 saturated carbocycles. The Morgan fingerprint density at radius 2 is 1.76 bits per heavy atom. The Morgan fingerprint density at radius 1 is 1.00 bits per heavy atom. The SMILES string of the molecule is COc1cc(/C=C2\SC(=O)N(Cc3ccc(Br)cc3)C2=O)cc(I)c1OCc1cccc2ccccc12. The van der Waals surface area contributed by atoms with Crippen LogP contribution in [-0.2, 0) is 17.9 Å². The fourth-order valence-electron chi connectivity index (χ4n) is 4.09. The van der Waals surface area contributed by atoms with Crippen LogP contribution in [0.3, 0.4) is 0 Å². The molecule has 186 valence electrons. The molecule has 0 aromatic heterocycles. The van der Waals surface area contributed by atoms with E-state index in [4.69, 9.17) is 9.47 Å². The summed E-state index contributed by atoms with van der Waals surface area (Å²) in [6, 6.07) is 25.7. The van der Waals surface area contributed by atoms with Gasteiger partial charge in [0, 0.05) is 4.47 Å². The standard InChI is InChI=1S/C29H21BrINO4S/c1-35-25-14-19(15-26-28(33)32(29(34)37-26)16-18-9-11-22(30)12-10-18)13-24(31)27(25)36-17-21-7-4-6-20-5-2-3-8-23(20)21/h2-15H,16-17H2,1H3/b26-15-. The minimum Gasteiger partial charge on any atom is -0.493 e. The van der Waals surface area contributed by atoms with Gasteiger partial charge in [-0.3, -0.25) is 14.5 Å². The molecule has 0 aliphatic carbocycles. The first-order valence-corrected chi connectivity index (χ1v) is 14.1. The summed E-state index contributed by atoms with van der Waals surface area (Å²) in [6.07, 6.45) is 1.73. The number of hydrogen-bond acceptors (Lipinski definition) is 5. The van der Waals surface area contributed by atoms with Gasteiger partial charge in [-0.2, -0.15) is 0 Å². The molecule has 0 radical (unpaired) electrons. The van der Waals surface area contributed by atoms with E-state index in [2.05, 4.69) is 62.8 Å². The molecule has 2 amide bonds. The predicted octanol–water partition coefficient (Wildman–Crippen LogP) is 8.03. The maximum atomic E-state index is 13.0. The lowest BCUT2D eigenvalue weighted by molar-refractivity contribution is -0.123. The molecule has 0 N–H and O–H groups in total. The van der Waals surface area contributed by atoms with E-state index in [1.54, 1.807) is 13.2 Å². The van der Waals surface area contributed by atoms with E-state index in [-0.39, 0.29) is 17.7 Å². The van der Waals surface area contributed by atoms with Crippen LogP contribution >= 0.6 is 50.3 Å². The summed E-state index contributed by atoms with van der Waals surface area (Å²) in [7, 11) is 1.59. The van der Waals surface area contributed by atoms with Crippen molar-refractivity contribution < 1.29 is 19.1 Å². The van der Waals surface area contributed by atoms with Gasteiger partial charge in [-0.05, 0) is 92.2 Å². The van der Waals surface area contributed by atoms with E-state index in [9.17, 15) is 9.59 Å². The zero-order valence-electron chi connectivity index (χ0n) is 19.7. The number of ether oxygens (including phenoxy) is 2. The Morgan fingerprint density at radius 3 is 2.54 bits per heavy atom. The zero-order chi connectivity index (χ0) is 25.9. The van der Waals surface area contributed by atoms with Crippen LogP contribution in [0.15, 0.2) is 88.2 Å². The lowest BCUT2D eigenvalue weighted by Crippen LogP contribution is -2.27. The van der Waals surface area contributed by atoms with Crippen LogP contribution in [0.4, 0.5) is 4.79 Å². The maximum absolute atomic E-state index is 13.0.